The molecule has 0 heterocycles. The number of ether oxygens (including phenoxy) is 1. The standard InChI is InChI=1S/C16H14ClN3O4S/c1-11-8-13(17)4-7-15(11)24-10-16(21)19-20-25(22,23)14-5-2-12(9-18)3-6-14/h2-8,20H,10H2,1H3,(H,19,21). The van der Waals surface area contributed by atoms with Gasteiger partial charge in [0, 0.05) is 5.02 Å². The molecule has 1 amide bonds. The largest absolute Gasteiger partial charge is 0.483 e. The maximum Gasteiger partial charge on any atom is 0.272 e. The molecule has 0 saturated carbocycles. The van der Waals surface area contributed by atoms with Gasteiger partial charge in [0.2, 0.25) is 0 Å². The quantitative estimate of drug-likeness (QED) is 0.745. The first-order valence-corrected chi connectivity index (χ1v) is 8.88. The molecular formula is C16H14ClN3O4S. The third-order valence-electron chi connectivity index (χ3n) is 3.11. The van der Waals surface area contributed by atoms with Crippen molar-refractivity contribution in [2.45, 2.75) is 11.8 Å². The van der Waals surface area contributed by atoms with Crippen molar-refractivity contribution in [2.75, 3.05) is 6.61 Å². The summed E-state index contributed by atoms with van der Waals surface area (Å²) in [7, 11) is -3.94. The highest BCUT2D eigenvalue weighted by molar-refractivity contribution is 7.89. The predicted molar refractivity (Wildman–Crippen MR) is 91.3 cm³/mol. The molecule has 130 valence electrons. The number of nitrogens with one attached hydrogen (secondary N) is 2. The van der Waals surface area contributed by atoms with Crippen molar-refractivity contribution in [3.63, 3.8) is 0 Å². The maximum absolute atomic E-state index is 12.0. The van der Waals surface area contributed by atoms with Crippen LogP contribution in [-0.4, -0.2) is 20.9 Å². The average Bonchev–Trinajstić information content (AvgIpc) is 2.59. The fourth-order valence-corrected chi connectivity index (χ4v) is 2.93. The predicted octanol–water partition coefficient (Wildman–Crippen LogP) is 1.91. The number of hydrogen-bond donors (Lipinski definition) is 2. The van der Waals surface area contributed by atoms with E-state index in [4.69, 9.17) is 21.6 Å². The molecule has 0 unspecified atom stereocenters. The van der Waals surface area contributed by atoms with Crippen LogP contribution in [-0.2, 0) is 14.8 Å². The lowest BCUT2D eigenvalue weighted by molar-refractivity contribution is -0.123. The summed E-state index contributed by atoms with van der Waals surface area (Å²) >= 11 is 5.83. The number of hydrazine groups is 1. The van der Waals surface area contributed by atoms with Gasteiger partial charge in [-0.05, 0) is 55.0 Å². The number of nitriles is 1. The summed E-state index contributed by atoms with van der Waals surface area (Å²) in [5.74, 6) is -0.207. The van der Waals surface area contributed by atoms with Gasteiger partial charge in [-0.2, -0.15) is 5.26 Å². The van der Waals surface area contributed by atoms with E-state index in [-0.39, 0.29) is 11.5 Å². The van der Waals surface area contributed by atoms with Gasteiger partial charge in [0.25, 0.3) is 15.9 Å². The Bertz CT molecular complexity index is 921. The molecule has 0 bridgehead atoms. The Labute approximate surface area is 150 Å². The topological polar surface area (TPSA) is 108 Å². The van der Waals surface area contributed by atoms with E-state index in [2.05, 4.69) is 5.43 Å². The minimum atomic E-state index is -3.94. The lowest BCUT2D eigenvalue weighted by Crippen LogP contribution is -2.43. The van der Waals surface area contributed by atoms with E-state index in [9.17, 15) is 13.2 Å². The molecule has 7 nitrogen and oxygen atoms in total. The zero-order valence-electron chi connectivity index (χ0n) is 13.1. The van der Waals surface area contributed by atoms with Crippen LogP contribution in [0.25, 0.3) is 0 Å². The number of rotatable bonds is 6. The number of nitrogens with zero attached hydrogens (tertiary/aromatic N) is 1. The highest BCUT2D eigenvalue weighted by Crippen LogP contribution is 2.21. The third-order valence-corrected chi connectivity index (χ3v) is 4.61. The number of sulfonamides is 1. The third kappa shape index (κ3) is 5.19. The van der Waals surface area contributed by atoms with E-state index in [1.807, 2.05) is 10.9 Å². The molecule has 2 rings (SSSR count). The molecule has 25 heavy (non-hydrogen) atoms. The molecule has 0 aromatic heterocycles. The van der Waals surface area contributed by atoms with Crippen LogP contribution in [0.4, 0.5) is 0 Å². The summed E-state index contributed by atoms with van der Waals surface area (Å²) in [5, 5.41) is 9.25. The van der Waals surface area contributed by atoms with Crippen LogP contribution in [0.3, 0.4) is 0 Å². The van der Waals surface area contributed by atoms with Gasteiger partial charge in [0.1, 0.15) is 5.75 Å². The number of amides is 1. The van der Waals surface area contributed by atoms with Crippen molar-refractivity contribution in [1.82, 2.24) is 10.3 Å². The van der Waals surface area contributed by atoms with Crippen LogP contribution < -0.4 is 15.0 Å². The Morgan fingerprint density at radius 3 is 2.52 bits per heavy atom. The van der Waals surface area contributed by atoms with Crippen molar-refractivity contribution in [3.05, 3.63) is 58.6 Å². The zero-order chi connectivity index (χ0) is 18.4. The number of halogens is 1. The SMILES string of the molecule is Cc1cc(Cl)ccc1OCC(=O)NNS(=O)(=O)c1ccc(C#N)cc1. The second-order valence-electron chi connectivity index (χ2n) is 4.99. The Balaban J connectivity index is 1.91. The number of carbonyl (C=O) groups is 1. The van der Waals surface area contributed by atoms with Gasteiger partial charge in [-0.1, -0.05) is 11.6 Å². The molecular weight excluding hydrogens is 366 g/mol. The molecule has 2 aromatic carbocycles. The van der Waals surface area contributed by atoms with Crippen LogP contribution in [0.1, 0.15) is 11.1 Å². The summed E-state index contributed by atoms with van der Waals surface area (Å²) in [6, 6.07) is 12.1. The zero-order valence-corrected chi connectivity index (χ0v) is 14.7. The lowest BCUT2D eigenvalue weighted by atomic mass is 10.2. The molecule has 0 spiro atoms. The minimum Gasteiger partial charge on any atom is -0.483 e. The van der Waals surface area contributed by atoms with E-state index in [1.54, 1.807) is 25.1 Å². The Morgan fingerprint density at radius 1 is 1.24 bits per heavy atom. The number of aryl methyl sites for hydroxylation is 1. The minimum absolute atomic E-state index is 0.0822. The molecule has 9 heteroatoms. The molecule has 2 aromatic rings. The van der Waals surface area contributed by atoms with Crippen molar-refractivity contribution in [3.8, 4) is 11.8 Å². The first-order chi connectivity index (χ1) is 11.8. The molecule has 0 atom stereocenters. The van der Waals surface area contributed by atoms with Crippen molar-refractivity contribution < 1.29 is 17.9 Å². The van der Waals surface area contributed by atoms with Gasteiger partial charge < -0.3 is 4.74 Å². The first-order valence-electron chi connectivity index (χ1n) is 7.01. The highest BCUT2D eigenvalue weighted by atomic mass is 35.5. The number of carbonyl (C=O) groups excluding carboxylic acids is 1. The monoisotopic (exact) mass is 379 g/mol. The smallest absolute Gasteiger partial charge is 0.272 e. The van der Waals surface area contributed by atoms with Gasteiger partial charge in [-0.25, -0.2) is 8.42 Å². The van der Waals surface area contributed by atoms with Crippen molar-refractivity contribution >= 4 is 27.5 Å². The molecule has 2 N–H and O–H groups in total. The Morgan fingerprint density at radius 2 is 1.92 bits per heavy atom. The molecule has 0 radical (unpaired) electrons. The maximum atomic E-state index is 12.0. The van der Waals surface area contributed by atoms with Crippen LogP contribution in [0.15, 0.2) is 47.4 Å². The van der Waals surface area contributed by atoms with Gasteiger partial charge in [-0.15, -0.1) is 4.83 Å². The first kappa shape index (κ1) is 18.7. The summed E-state index contributed by atoms with van der Waals surface area (Å²) in [6.07, 6.45) is 0. The summed E-state index contributed by atoms with van der Waals surface area (Å²) in [6.45, 7) is 1.39. The van der Waals surface area contributed by atoms with Gasteiger partial charge >= 0.3 is 0 Å². The summed E-state index contributed by atoms with van der Waals surface area (Å²) in [5.41, 5.74) is 3.14. The van der Waals surface area contributed by atoms with E-state index in [0.717, 1.165) is 5.56 Å². The highest BCUT2D eigenvalue weighted by Gasteiger charge is 2.15. The number of hydrogen-bond acceptors (Lipinski definition) is 5. The fourth-order valence-electron chi connectivity index (χ4n) is 1.85. The molecule has 0 fully saturated rings. The summed E-state index contributed by atoms with van der Waals surface area (Å²) in [4.78, 5) is 13.6. The fraction of sp³-hybridized carbons (Fsp3) is 0.125. The average molecular weight is 380 g/mol. The number of benzene rings is 2. The van der Waals surface area contributed by atoms with Crippen molar-refractivity contribution in [1.29, 1.82) is 5.26 Å². The molecule has 0 saturated heterocycles. The Kier molecular flexibility index (Phi) is 5.98. The Hall–Kier alpha value is -2.60. The second kappa shape index (κ2) is 7.98. The molecule has 0 aliphatic heterocycles. The lowest BCUT2D eigenvalue weighted by Gasteiger charge is -2.11. The van der Waals surface area contributed by atoms with E-state index >= 15 is 0 Å². The van der Waals surface area contributed by atoms with Gasteiger partial charge in [0.05, 0.1) is 16.5 Å². The van der Waals surface area contributed by atoms with Crippen molar-refractivity contribution in [2.24, 2.45) is 0 Å². The second-order valence-corrected chi connectivity index (χ2v) is 7.11. The summed E-state index contributed by atoms with van der Waals surface area (Å²) < 4.78 is 29.4. The van der Waals surface area contributed by atoms with Crippen LogP contribution in [0.2, 0.25) is 5.02 Å². The van der Waals surface area contributed by atoms with E-state index in [0.29, 0.717) is 16.3 Å². The van der Waals surface area contributed by atoms with Gasteiger partial charge in [-0.3, -0.25) is 10.2 Å². The molecule has 0 aliphatic rings. The molecule has 0 aliphatic carbocycles. The van der Waals surface area contributed by atoms with E-state index < -0.39 is 15.9 Å². The van der Waals surface area contributed by atoms with Gasteiger partial charge in [0.15, 0.2) is 6.61 Å². The van der Waals surface area contributed by atoms with Crippen LogP contribution in [0.5, 0.6) is 5.75 Å². The normalized spacial score (nSPS) is 10.8. The van der Waals surface area contributed by atoms with E-state index in [1.165, 1.54) is 24.3 Å². The van der Waals surface area contributed by atoms with Crippen LogP contribution in [0, 0.1) is 18.3 Å². The van der Waals surface area contributed by atoms with Crippen LogP contribution >= 0.6 is 11.6 Å².